The van der Waals surface area contributed by atoms with Gasteiger partial charge in [0.15, 0.2) is 11.8 Å². The van der Waals surface area contributed by atoms with Gasteiger partial charge in [0, 0.05) is 0 Å². The molecule has 0 amide bonds. The summed E-state index contributed by atoms with van der Waals surface area (Å²) < 4.78 is 34.4. The first kappa shape index (κ1) is 6.54. The third-order valence-electron chi connectivity index (χ3n) is 1.13. The Morgan fingerprint density at radius 1 is 1.56 bits per heavy atom. The number of rotatable bonds is 0. The van der Waals surface area contributed by atoms with Crippen molar-refractivity contribution in [2.45, 2.75) is 12.2 Å². The molecule has 1 rings (SSSR count). The van der Waals surface area contributed by atoms with Crippen LogP contribution < -0.4 is 5.32 Å². The smallest absolute Gasteiger partial charge is 0.296 e. The van der Waals surface area contributed by atoms with Gasteiger partial charge in [-0.3, -0.25) is 10.1 Å². The number of halogens is 3. The van der Waals surface area contributed by atoms with E-state index in [9.17, 15) is 18.0 Å². The van der Waals surface area contributed by atoms with Crippen LogP contribution in [0.25, 0.3) is 0 Å². The molecule has 1 N–H and O–H groups in total. The summed E-state index contributed by atoms with van der Waals surface area (Å²) in [5.41, 5.74) is 0. The predicted molar refractivity (Wildman–Crippen MR) is 22.9 cm³/mol. The number of nitrogens with one attached hydrogen (secondary N) is 1. The summed E-state index contributed by atoms with van der Waals surface area (Å²) in [5.74, 6) is -0.775. The molecule has 0 aromatic rings. The van der Waals surface area contributed by atoms with Crippen LogP contribution in [-0.4, -0.2) is 24.5 Å². The topological polar surface area (TPSA) is 29.1 Å². The molecule has 1 aliphatic heterocycles. The standard InChI is InChI=1S/C4H4F3NO/c5-4(6,7)3-2(9)1-8-3/h3,8H,1H2. The highest BCUT2D eigenvalue weighted by molar-refractivity contribution is 5.92. The Hall–Kier alpha value is -0.580. The molecule has 1 atom stereocenters. The minimum absolute atomic E-state index is 0.149. The molecular formula is C4H4F3NO. The van der Waals surface area contributed by atoms with Crippen LogP contribution in [0.3, 0.4) is 0 Å². The molecule has 1 heterocycles. The Bertz CT molecular complexity index is 141. The first-order chi connectivity index (χ1) is 4.02. The molecule has 5 heteroatoms. The van der Waals surface area contributed by atoms with E-state index in [0.717, 1.165) is 0 Å². The van der Waals surface area contributed by atoms with Gasteiger partial charge in [0.2, 0.25) is 0 Å². The molecule has 0 bridgehead atoms. The highest BCUT2D eigenvalue weighted by Gasteiger charge is 2.49. The van der Waals surface area contributed by atoms with E-state index in [-0.39, 0.29) is 6.54 Å². The van der Waals surface area contributed by atoms with Crippen molar-refractivity contribution in [3.05, 3.63) is 0 Å². The van der Waals surface area contributed by atoms with Crippen molar-refractivity contribution in [1.82, 2.24) is 5.32 Å². The van der Waals surface area contributed by atoms with E-state index in [4.69, 9.17) is 0 Å². The van der Waals surface area contributed by atoms with E-state index in [0.29, 0.717) is 0 Å². The van der Waals surface area contributed by atoms with Crippen molar-refractivity contribution < 1.29 is 18.0 Å². The normalized spacial score (nSPS) is 27.9. The van der Waals surface area contributed by atoms with E-state index in [2.05, 4.69) is 0 Å². The number of carbonyl (C=O) groups is 1. The van der Waals surface area contributed by atoms with Crippen molar-refractivity contribution in [3.8, 4) is 0 Å². The molecule has 0 aliphatic carbocycles. The molecule has 0 saturated carbocycles. The second kappa shape index (κ2) is 1.70. The lowest BCUT2D eigenvalue weighted by atomic mass is 10.1. The van der Waals surface area contributed by atoms with Crippen LogP contribution in [-0.2, 0) is 4.79 Å². The number of hydrogen-bond acceptors (Lipinski definition) is 2. The number of Topliss-reactive ketones (excluding diaryl/α,β-unsaturated/α-hetero) is 1. The van der Waals surface area contributed by atoms with Gasteiger partial charge in [-0.15, -0.1) is 0 Å². The zero-order valence-corrected chi connectivity index (χ0v) is 4.33. The van der Waals surface area contributed by atoms with Gasteiger partial charge in [-0.25, -0.2) is 0 Å². The Kier molecular flexibility index (Phi) is 1.23. The van der Waals surface area contributed by atoms with Crippen molar-refractivity contribution >= 4 is 5.78 Å². The lowest BCUT2D eigenvalue weighted by Gasteiger charge is -2.27. The van der Waals surface area contributed by atoms with E-state index in [1.54, 1.807) is 0 Å². The molecule has 2 nitrogen and oxygen atoms in total. The number of alkyl halides is 3. The fourth-order valence-corrected chi connectivity index (χ4v) is 0.586. The van der Waals surface area contributed by atoms with Gasteiger partial charge in [0.1, 0.15) is 0 Å². The number of carbonyl (C=O) groups excluding carboxylic acids is 1. The lowest BCUT2D eigenvalue weighted by Crippen LogP contribution is -2.61. The zero-order valence-electron chi connectivity index (χ0n) is 4.33. The van der Waals surface area contributed by atoms with Gasteiger partial charge in [-0.05, 0) is 0 Å². The quantitative estimate of drug-likeness (QED) is 0.515. The van der Waals surface area contributed by atoms with Crippen molar-refractivity contribution in [1.29, 1.82) is 0 Å². The summed E-state index contributed by atoms with van der Waals surface area (Å²) >= 11 is 0. The molecular weight excluding hydrogens is 135 g/mol. The molecule has 0 spiro atoms. The van der Waals surface area contributed by atoms with Crippen LogP contribution in [0.4, 0.5) is 13.2 Å². The highest BCUT2D eigenvalue weighted by Crippen LogP contribution is 2.23. The molecule has 9 heavy (non-hydrogen) atoms. The fourth-order valence-electron chi connectivity index (χ4n) is 0.586. The molecule has 0 aromatic carbocycles. The molecule has 1 aliphatic rings. The summed E-state index contributed by atoms with van der Waals surface area (Å²) in [5, 5.41) is 1.96. The Morgan fingerprint density at radius 2 is 2.11 bits per heavy atom. The third-order valence-corrected chi connectivity index (χ3v) is 1.13. The van der Waals surface area contributed by atoms with E-state index < -0.39 is 18.0 Å². The van der Waals surface area contributed by atoms with E-state index >= 15 is 0 Å². The largest absolute Gasteiger partial charge is 0.410 e. The van der Waals surface area contributed by atoms with Gasteiger partial charge in [-0.2, -0.15) is 13.2 Å². The van der Waals surface area contributed by atoms with Crippen LogP contribution in [0, 0.1) is 0 Å². The molecule has 1 saturated heterocycles. The molecule has 1 fully saturated rings. The average Bonchev–Trinajstić information content (AvgIpc) is 1.57. The number of ketones is 1. The molecule has 0 radical (unpaired) electrons. The minimum atomic E-state index is -4.39. The van der Waals surface area contributed by atoms with Crippen LogP contribution in [0.1, 0.15) is 0 Å². The number of hydrogen-bond donors (Lipinski definition) is 1. The van der Waals surface area contributed by atoms with Crippen molar-refractivity contribution in [3.63, 3.8) is 0 Å². The predicted octanol–water partition coefficient (Wildman–Crippen LogP) is 0.0896. The summed E-state index contributed by atoms with van der Waals surface area (Å²) in [6, 6.07) is -1.89. The van der Waals surface area contributed by atoms with Gasteiger partial charge in [-0.1, -0.05) is 0 Å². The van der Waals surface area contributed by atoms with Crippen LogP contribution in [0.15, 0.2) is 0 Å². The summed E-state index contributed by atoms with van der Waals surface area (Å²) in [4.78, 5) is 10.1. The monoisotopic (exact) mass is 139 g/mol. The van der Waals surface area contributed by atoms with E-state index in [1.807, 2.05) is 5.32 Å². The summed E-state index contributed by atoms with van der Waals surface area (Å²) in [7, 11) is 0. The van der Waals surface area contributed by atoms with Gasteiger partial charge in [0.05, 0.1) is 6.54 Å². The Balaban J connectivity index is 2.54. The van der Waals surface area contributed by atoms with Crippen molar-refractivity contribution in [2.75, 3.05) is 6.54 Å². The second-order valence-electron chi connectivity index (χ2n) is 1.82. The molecule has 0 aromatic heterocycles. The zero-order chi connectivity index (χ0) is 7.07. The van der Waals surface area contributed by atoms with E-state index in [1.165, 1.54) is 0 Å². The average molecular weight is 139 g/mol. The third kappa shape index (κ3) is 1.05. The van der Waals surface area contributed by atoms with Crippen molar-refractivity contribution in [2.24, 2.45) is 0 Å². The van der Waals surface area contributed by atoms with Crippen LogP contribution >= 0.6 is 0 Å². The maximum atomic E-state index is 11.5. The van der Waals surface area contributed by atoms with Crippen LogP contribution in [0.2, 0.25) is 0 Å². The minimum Gasteiger partial charge on any atom is -0.296 e. The Morgan fingerprint density at radius 3 is 2.11 bits per heavy atom. The first-order valence-corrected chi connectivity index (χ1v) is 2.34. The Labute approximate surface area is 49.0 Å². The lowest BCUT2D eigenvalue weighted by molar-refractivity contribution is -0.177. The SMILES string of the molecule is O=C1CNC1C(F)(F)F. The van der Waals surface area contributed by atoms with Gasteiger partial charge >= 0.3 is 6.18 Å². The highest BCUT2D eigenvalue weighted by atomic mass is 19.4. The summed E-state index contributed by atoms with van der Waals surface area (Å²) in [6.07, 6.45) is -4.39. The van der Waals surface area contributed by atoms with Gasteiger partial charge < -0.3 is 0 Å². The summed E-state index contributed by atoms with van der Waals surface area (Å²) in [6.45, 7) is -0.149. The van der Waals surface area contributed by atoms with Crippen LogP contribution in [0.5, 0.6) is 0 Å². The maximum Gasteiger partial charge on any atom is 0.410 e. The maximum absolute atomic E-state index is 11.5. The first-order valence-electron chi connectivity index (χ1n) is 2.34. The second-order valence-corrected chi connectivity index (χ2v) is 1.82. The fraction of sp³-hybridized carbons (Fsp3) is 0.750. The molecule has 1 unspecified atom stereocenters. The van der Waals surface area contributed by atoms with Gasteiger partial charge in [0.25, 0.3) is 0 Å². The molecule has 52 valence electrons.